The first-order chi connectivity index (χ1) is 7.69. The molecule has 7 heteroatoms. The Kier molecular flexibility index (Phi) is 5.83. The van der Waals surface area contributed by atoms with E-state index in [1.165, 1.54) is 11.8 Å². The van der Waals surface area contributed by atoms with Crippen molar-refractivity contribution in [2.45, 2.75) is 11.4 Å². The lowest BCUT2D eigenvalue weighted by molar-refractivity contribution is -0.0914. The summed E-state index contributed by atoms with van der Waals surface area (Å²) in [5.41, 5.74) is 0. The average molecular weight is 264 g/mol. The number of methoxy groups -OCH3 is 2. The van der Waals surface area contributed by atoms with E-state index in [1.54, 1.807) is 20.3 Å². The molecule has 1 N–H and O–H groups in total. The van der Waals surface area contributed by atoms with Crippen LogP contribution < -0.4 is 5.32 Å². The summed E-state index contributed by atoms with van der Waals surface area (Å²) in [5.74, 6) is 0.656. The van der Waals surface area contributed by atoms with Gasteiger partial charge in [-0.05, 0) is 6.26 Å². The topological polar surface area (TPSA) is 56.3 Å². The fraction of sp³-hybridized carbons (Fsp3) is 0.556. The van der Waals surface area contributed by atoms with Gasteiger partial charge in [0.15, 0.2) is 11.4 Å². The molecule has 1 rings (SSSR count). The minimum absolute atomic E-state index is 0.313. The van der Waals surface area contributed by atoms with E-state index in [0.717, 1.165) is 0 Å². The van der Waals surface area contributed by atoms with Crippen molar-refractivity contribution in [1.82, 2.24) is 9.97 Å². The van der Waals surface area contributed by atoms with Crippen LogP contribution in [0.2, 0.25) is 5.15 Å². The Balaban J connectivity index is 2.62. The third-order valence-corrected chi connectivity index (χ3v) is 2.57. The van der Waals surface area contributed by atoms with Gasteiger partial charge in [-0.2, -0.15) is 0 Å². The molecule has 0 aromatic carbocycles. The van der Waals surface area contributed by atoms with Gasteiger partial charge in [-0.3, -0.25) is 0 Å². The maximum Gasteiger partial charge on any atom is 0.190 e. The second-order valence-electron chi connectivity index (χ2n) is 2.84. The molecule has 0 radical (unpaired) electrons. The van der Waals surface area contributed by atoms with Crippen molar-refractivity contribution in [1.29, 1.82) is 0 Å². The minimum atomic E-state index is -0.313. The summed E-state index contributed by atoms with van der Waals surface area (Å²) >= 11 is 7.28. The van der Waals surface area contributed by atoms with Crippen LogP contribution in [-0.2, 0) is 9.47 Å². The number of halogens is 1. The SMILES string of the molecule is COC(CNc1cc(Cl)nc(SC)n1)OC. The van der Waals surface area contributed by atoms with Gasteiger partial charge < -0.3 is 14.8 Å². The average Bonchev–Trinajstić information content (AvgIpc) is 2.29. The fourth-order valence-corrected chi connectivity index (χ4v) is 1.64. The molecule has 1 aromatic rings. The predicted octanol–water partition coefficient (Wildman–Crippen LogP) is 1.88. The molecule has 90 valence electrons. The molecule has 0 fully saturated rings. The van der Waals surface area contributed by atoms with Crippen LogP contribution in [0.3, 0.4) is 0 Å². The molecule has 0 amide bonds. The summed E-state index contributed by atoms with van der Waals surface area (Å²) in [5, 5.41) is 4.10. The zero-order chi connectivity index (χ0) is 12.0. The van der Waals surface area contributed by atoms with Crippen molar-refractivity contribution in [2.24, 2.45) is 0 Å². The lowest BCUT2D eigenvalue weighted by atomic mass is 10.5. The highest BCUT2D eigenvalue weighted by Gasteiger charge is 2.06. The summed E-state index contributed by atoms with van der Waals surface area (Å²) < 4.78 is 10.1. The summed E-state index contributed by atoms with van der Waals surface area (Å²) in [6, 6.07) is 1.66. The fourth-order valence-electron chi connectivity index (χ4n) is 1.03. The molecule has 0 saturated heterocycles. The largest absolute Gasteiger partial charge is 0.365 e. The molecule has 16 heavy (non-hydrogen) atoms. The molecule has 1 aromatic heterocycles. The number of rotatable bonds is 6. The van der Waals surface area contributed by atoms with Crippen molar-refractivity contribution in [3.05, 3.63) is 11.2 Å². The van der Waals surface area contributed by atoms with Crippen LogP contribution in [0.1, 0.15) is 0 Å². The molecule has 0 spiro atoms. The van der Waals surface area contributed by atoms with Crippen LogP contribution in [0.15, 0.2) is 11.2 Å². The molecule has 0 aliphatic carbocycles. The third kappa shape index (κ3) is 4.13. The van der Waals surface area contributed by atoms with E-state index in [9.17, 15) is 0 Å². The van der Waals surface area contributed by atoms with Gasteiger partial charge in [0.1, 0.15) is 11.0 Å². The second-order valence-corrected chi connectivity index (χ2v) is 4.01. The zero-order valence-corrected chi connectivity index (χ0v) is 10.9. The van der Waals surface area contributed by atoms with Gasteiger partial charge >= 0.3 is 0 Å². The quantitative estimate of drug-likeness (QED) is 0.366. The Morgan fingerprint density at radius 3 is 2.69 bits per heavy atom. The maximum atomic E-state index is 5.84. The minimum Gasteiger partial charge on any atom is -0.365 e. The molecular weight excluding hydrogens is 250 g/mol. The number of hydrogen-bond acceptors (Lipinski definition) is 6. The summed E-state index contributed by atoms with van der Waals surface area (Å²) in [7, 11) is 3.16. The number of hydrogen-bond donors (Lipinski definition) is 1. The van der Waals surface area contributed by atoms with Crippen LogP contribution in [-0.4, -0.2) is 43.3 Å². The van der Waals surface area contributed by atoms with E-state index in [2.05, 4.69) is 15.3 Å². The Morgan fingerprint density at radius 2 is 2.12 bits per heavy atom. The molecular formula is C9H14ClN3O2S. The van der Waals surface area contributed by atoms with E-state index in [0.29, 0.717) is 22.7 Å². The molecule has 0 unspecified atom stereocenters. The van der Waals surface area contributed by atoms with Crippen LogP contribution in [0.5, 0.6) is 0 Å². The highest BCUT2D eigenvalue weighted by atomic mass is 35.5. The van der Waals surface area contributed by atoms with Gasteiger partial charge in [0, 0.05) is 20.3 Å². The summed E-state index contributed by atoms with van der Waals surface area (Å²) in [6.45, 7) is 0.494. The monoisotopic (exact) mass is 263 g/mol. The van der Waals surface area contributed by atoms with Crippen molar-refractivity contribution >= 4 is 29.2 Å². The van der Waals surface area contributed by atoms with E-state index in [4.69, 9.17) is 21.1 Å². The van der Waals surface area contributed by atoms with Gasteiger partial charge in [0.2, 0.25) is 0 Å². The van der Waals surface area contributed by atoms with Crippen LogP contribution in [0, 0.1) is 0 Å². The van der Waals surface area contributed by atoms with Crippen LogP contribution >= 0.6 is 23.4 Å². The molecule has 0 atom stereocenters. The van der Waals surface area contributed by atoms with Crippen LogP contribution in [0.25, 0.3) is 0 Å². The number of aromatic nitrogens is 2. The smallest absolute Gasteiger partial charge is 0.190 e. The van der Waals surface area contributed by atoms with Crippen molar-refractivity contribution < 1.29 is 9.47 Å². The Morgan fingerprint density at radius 1 is 1.44 bits per heavy atom. The first-order valence-electron chi connectivity index (χ1n) is 4.57. The van der Waals surface area contributed by atoms with Crippen molar-refractivity contribution in [3.63, 3.8) is 0 Å². The maximum absolute atomic E-state index is 5.84. The normalized spacial score (nSPS) is 10.8. The van der Waals surface area contributed by atoms with E-state index < -0.39 is 0 Å². The molecule has 5 nitrogen and oxygen atoms in total. The Hall–Kier alpha value is -0.560. The van der Waals surface area contributed by atoms with Gasteiger partial charge in [0.25, 0.3) is 0 Å². The van der Waals surface area contributed by atoms with Crippen LogP contribution in [0.4, 0.5) is 5.82 Å². The number of ether oxygens (including phenoxy) is 2. The number of anilines is 1. The lowest BCUT2D eigenvalue weighted by Gasteiger charge is -2.14. The van der Waals surface area contributed by atoms with Crippen molar-refractivity contribution in [2.75, 3.05) is 32.3 Å². The Bertz CT molecular complexity index is 337. The second kappa shape index (κ2) is 6.90. The van der Waals surface area contributed by atoms with Gasteiger partial charge in [-0.25, -0.2) is 9.97 Å². The molecule has 0 bridgehead atoms. The Labute approximate surface area is 104 Å². The molecule has 0 aliphatic rings. The van der Waals surface area contributed by atoms with Gasteiger partial charge in [-0.1, -0.05) is 23.4 Å². The number of thioether (sulfide) groups is 1. The molecule has 0 aliphatic heterocycles. The summed E-state index contributed by atoms with van der Waals surface area (Å²) in [6.07, 6.45) is 1.58. The standard InChI is InChI=1S/C9H14ClN3O2S/c1-14-8(15-2)5-11-7-4-6(10)12-9(13-7)16-3/h4,8H,5H2,1-3H3,(H,11,12,13). The van der Waals surface area contributed by atoms with E-state index >= 15 is 0 Å². The molecule has 0 saturated carbocycles. The number of nitrogens with one attached hydrogen (secondary N) is 1. The van der Waals surface area contributed by atoms with Gasteiger partial charge in [0.05, 0.1) is 6.54 Å². The third-order valence-electron chi connectivity index (χ3n) is 1.83. The zero-order valence-electron chi connectivity index (χ0n) is 9.36. The molecule has 1 heterocycles. The van der Waals surface area contributed by atoms with E-state index in [1.807, 2.05) is 6.26 Å². The first-order valence-corrected chi connectivity index (χ1v) is 6.18. The number of nitrogens with zero attached hydrogens (tertiary/aromatic N) is 2. The lowest BCUT2D eigenvalue weighted by Crippen LogP contribution is -2.24. The van der Waals surface area contributed by atoms with Gasteiger partial charge in [-0.15, -0.1) is 0 Å². The first kappa shape index (κ1) is 13.5. The van der Waals surface area contributed by atoms with Crippen molar-refractivity contribution in [3.8, 4) is 0 Å². The predicted molar refractivity (Wildman–Crippen MR) is 65.1 cm³/mol. The highest BCUT2D eigenvalue weighted by molar-refractivity contribution is 7.98. The highest BCUT2D eigenvalue weighted by Crippen LogP contribution is 2.17. The summed E-state index contributed by atoms with van der Waals surface area (Å²) in [4.78, 5) is 8.27. The van der Waals surface area contributed by atoms with E-state index in [-0.39, 0.29) is 6.29 Å².